The monoisotopic (exact) mass is 192 g/mol. The Hall–Kier alpha value is -0.590. The van der Waals surface area contributed by atoms with Gasteiger partial charge >= 0.3 is 0 Å². The zero-order chi connectivity index (χ0) is 8.48. The van der Waals surface area contributed by atoms with E-state index in [2.05, 4.69) is 4.72 Å². The highest BCUT2D eigenvalue weighted by Gasteiger charge is 2.12. The summed E-state index contributed by atoms with van der Waals surface area (Å²) in [7, 11) is -1.92. The fourth-order valence-electron chi connectivity index (χ4n) is 0.579. The Bertz CT molecular complexity index is 341. The molecule has 1 rings (SSSR count). The summed E-state index contributed by atoms with van der Waals surface area (Å²) in [5.74, 6) is 0. The number of sulfonamides is 1. The van der Waals surface area contributed by atoms with Crippen LogP contribution in [-0.4, -0.2) is 15.5 Å². The van der Waals surface area contributed by atoms with E-state index in [1.807, 2.05) is 0 Å². The fraction of sp³-hybridized carbons (Fsp3) is 0.200. The lowest BCUT2D eigenvalue weighted by Gasteiger charge is -1.95. The first-order valence-electron chi connectivity index (χ1n) is 2.85. The molecule has 0 saturated heterocycles. The van der Waals surface area contributed by atoms with Crippen LogP contribution in [0.3, 0.4) is 0 Å². The summed E-state index contributed by atoms with van der Waals surface area (Å²) >= 11 is 1.05. The van der Waals surface area contributed by atoms with E-state index in [1.165, 1.54) is 13.1 Å². The Morgan fingerprint density at radius 3 is 2.55 bits per heavy atom. The number of hydrogen-bond acceptors (Lipinski definition) is 4. The highest BCUT2D eigenvalue weighted by Crippen LogP contribution is 2.22. The Kier molecular flexibility index (Phi) is 2.17. The molecule has 62 valence electrons. The van der Waals surface area contributed by atoms with Crippen molar-refractivity contribution in [3.05, 3.63) is 12.1 Å². The third-order valence-electron chi connectivity index (χ3n) is 1.14. The van der Waals surface area contributed by atoms with Crippen LogP contribution in [0.1, 0.15) is 0 Å². The average molecular weight is 192 g/mol. The summed E-state index contributed by atoms with van der Waals surface area (Å²) in [6.07, 6.45) is 0. The molecule has 4 nitrogen and oxygen atoms in total. The van der Waals surface area contributed by atoms with Gasteiger partial charge < -0.3 is 5.73 Å². The van der Waals surface area contributed by atoms with Crippen LogP contribution in [0.2, 0.25) is 0 Å². The second kappa shape index (κ2) is 2.80. The lowest BCUT2D eigenvalue weighted by atomic mass is 10.6. The number of anilines is 1. The largest absolute Gasteiger partial charge is 0.391 e. The van der Waals surface area contributed by atoms with Gasteiger partial charge in [0.1, 0.15) is 4.21 Å². The van der Waals surface area contributed by atoms with Crippen LogP contribution in [0.25, 0.3) is 0 Å². The van der Waals surface area contributed by atoms with E-state index in [9.17, 15) is 8.42 Å². The maximum Gasteiger partial charge on any atom is 0.249 e. The van der Waals surface area contributed by atoms with Gasteiger partial charge in [0.2, 0.25) is 10.0 Å². The molecule has 0 radical (unpaired) electrons. The molecule has 0 fully saturated rings. The molecule has 0 aromatic carbocycles. The molecule has 0 bridgehead atoms. The Morgan fingerprint density at radius 1 is 1.55 bits per heavy atom. The van der Waals surface area contributed by atoms with Crippen LogP contribution in [0.5, 0.6) is 0 Å². The van der Waals surface area contributed by atoms with Crippen molar-refractivity contribution >= 4 is 26.4 Å². The van der Waals surface area contributed by atoms with Crippen molar-refractivity contribution in [3.63, 3.8) is 0 Å². The average Bonchev–Trinajstić information content (AvgIpc) is 2.36. The molecule has 0 aliphatic heterocycles. The van der Waals surface area contributed by atoms with Crippen LogP contribution in [0.15, 0.2) is 16.3 Å². The van der Waals surface area contributed by atoms with Crippen molar-refractivity contribution < 1.29 is 8.42 Å². The van der Waals surface area contributed by atoms with Gasteiger partial charge in [-0.1, -0.05) is 0 Å². The first kappa shape index (κ1) is 8.51. The molecular formula is C5H8N2O2S2. The van der Waals surface area contributed by atoms with Crippen molar-refractivity contribution in [1.82, 2.24) is 4.72 Å². The minimum Gasteiger partial charge on any atom is -0.391 e. The van der Waals surface area contributed by atoms with E-state index >= 15 is 0 Å². The standard InChI is InChI=1S/C5H8N2O2S2/c1-7-11(8,9)5-3-2-4(6)10-5/h2-3,7H,6H2,1H3. The summed E-state index contributed by atoms with van der Waals surface area (Å²) < 4.78 is 24.6. The normalized spacial score (nSPS) is 11.7. The van der Waals surface area contributed by atoms with Crippen molar-refractivity contribution in [3.8, 4) is 0 Å². The molecule has 1 aromatic rings. The summed E-state index contributed by atoms with van der Waals surface area (Å²) in [6, 6.07) is 3.04. The number of nitrogen functional groups attached to an aromatic ring is 1. The molecule has 6 heteroatoms. The van der Waals surface area contributed by atoms with E-state index in [4.69, 9.17) is 5.73 Å². The number of rotatable bonds is 2. The van der Waals surface area contributed by atoms with E-state index in [0.717, 1.165) is 11.3 Å². The molecule has 0 unspecified atom stereocenters. The second-order valence-corrected chi connectivity index (χ2v) is 5.09. The topological polar surface area (TPSA) is 72.2 Å². The minimum atomic E-state index is -3.29. The molecule has 0 aliphatic rings. The summed E-state index contributed by atoms with van der Waals surface area (Å²) in [5, 5.41) is 0.499. The third-order valence-corrected chi connectivity index (χ3v) is 3.96. The molecule has 0 spiro atoms. The van der Waals surface area contributed by atoms with Crippen LogP contribution < -0.4 is 10.5 Å². The Morgan fingerprint density at radius 2 is 2.18 bits per heavy atom. The summed E-state index contributed by atoms with van der Waals surface area (Å²) in [4.78, 5) is 0. The second-order valence-electron chi connectivity index (χ2n) is 1.86. The van der Waals surface area contributed by atoms with E-state index in [1.54, 1.807) is 6.07 Å². The third kappa shape index (κ3) is 1.70. The molecule has 1 aromatic heterocycles. The fourth-order valence-corrected chi connectivity index (χ4v) is 2.51. The maximum atomic E-state index is 11.1. The van der Waals surface area contributed by atoms with Gasteiger partial charge in [0.05, 0.1) is 5.00 Å². The Balaban J connectivity index is 3.13. The highest BCUT2D eigenvalue weighted by molar-refractivity contribution is 7.91. The van der Waals surface area contributed by atoms with Crippen molar-refractivity contribution in [1.29, 1.82) is 0 Å². The smallest absolute Gasteiger partial charge is 0.249 e. The molecular weight excluding hydrogens is 184 g/mol. The van der Waals surface area contributed by atoms with E-state index in [0.29, 0.717) is 5.00 Å². The van der Waals surface area contributed by atoms with Gasteiger partial charge in [-0.3, -0.25) is 0 Å². The minimum absolute atomic E-state index is 0.248. The zero-order valence-corrected chi connectivity index (χ0v) is 7.50. The highest BCUT2D eigenvalue weighted by atomic mass is 32.2. The molecule has 11 heavy (non-hydrogen) atoms. The number of nitrogens with two attached hydrogens (primary N) is 1. The number of thiophene rings is 1. The number of hydrogen-bond donors (Lipinski definition) is 2. The first-order valence-corrected chi connectivity index (χ1v) is 5.15. The molecule has 3 N–H and O–H groups in total. The summed E-state index contributed by atoms with van der Waals surface area (Å²) in [6.45, 7) is 0. The summed E-state index contributed by atoms with van der Waals surface area (Å²) in [5.41, 5.74) is 5.36. The van der Waals surface area contributed by atoms with Gasteiger partial charge in [0, 0.05) is 0 Å². The van der Waals surface area contributed by atoms with Gasteiger partial charge in [-0.15, -0.1) is 11.3 Å². The molecule has 0 saturated carbocycles. The molecule has 0 aliphatic carbocycles. The van der Waals surface area contributed by atoms with Gasteiger partial charge in [-0.05, 0) is 19.2 Å². The lowest BCUT2D eigenvalue weighted by molar-refractivity contribution is 0.590. The van der Waals surface area contributed by atoms with Gasteiger partial charge in [0.25, 0.3) is 0 Å². The zero-order valence-electron chi connectivity index (χ0n) is 5.87. The van der Waals surface area contributed by atoms with Crippen molar-refractivity contribution in [2.45, 2.75) is 4.21 Å². The van der Waals surface area contributed by atoms with E-state index in [-0.39, 0.29) is 4.21 Å². The van der Waals surface area contributed by atoms with Gasteiger partial charge in [0.15, 0.2) is 0 Å². The van der Waals surface area contributed by atoms with Crippen LogP contribution in [0.4, 0.5) is 5.00 Å². The van der Waals surface area contributed by atoms with Gasteiger partial charge in [-0.2, -0.15) is 0 Å². The molecule has 1 heterocycles. The first-order chi connectivity index (χ1) is 5.06. The van der Waals surface area contributed by atoms with Crippen LogP contribution >= 0.6 is 11.3 Å². The predicted molar refractivity (Wildman–Crippen MR) is 45.0 cm³/mol. The maximum absolute atomic E-state index is 11.1. The molecule has 0 atom stereocenters. The molecule has 0 amide bonds. The lowest BCUT2D eigenvalue weighted by Crippen LogP contribution is -2.17. The SMILES string of the molecule is CNS(=O)(=O)c1ccc(N)s1. The van der Waals surface area contributed by atoms with E-state index < -0.39 is 10.0 Å². The van der Waals surface area contributed by atoms with Gasteiger partial charge in [-0.25, -0.2) is 13.1 Å². The number of nitrogens with one attached hydrogen (secondary N) is 1. The predicted octanol–water partition coefficient (Wildman–Crippen LogP) is 0.238. The van der Waals surface area contributed by atoms with Crippen LogP contribution in [0, 0.1) is 0 Å². The Labute approximate surface area is 69.1 Å². The quantitative estimate of drug-likeness (QED) is 0.705. The van der Waals surface area contributed by atoms with Crippen LogP contribution in [-0.2, 0) is 10.0 Å². The van der Waals surface area contributed by atoms with Crippen molar-refractivity contribution in [2.24, 2.45) is 0 Å². The van der Waals surface area contributed by atoms with Crippen molar-refractivity contribution in [2.75, 3.05) is 12.8 Å².